The number of aromatic amines is 1. The van der Waals surface area contributed by atoms with E-state index < -0.39 is 0 Å². The lowest BCUT2D eigenvalue weighted by atomic mass is 9.89. The van der Waals surface area contributed by atoms with Crippen molar-refractivity contribution in [1.29, 1.82) is 0 Å². The Bertz CT molecular complexity index is 623. The highest BCUT2D eigenvalue weighted by atomic mass is 16.1. The first-order valence-electron chi connectivity index (χ1n) is 7.98. The van der Waals surface area contributed by atoms with Gasteiger partial charge < -0.3 is 10.3 Å². The van der Waals surface area contributed by atoms with Gasteiger partial charge >= 0.3 is 0 Å². The van der Waals surface area contributed by atoms with Crippen molar-refractivity contribution >= 4 is 16.8 Å². The van der Waals surface area contributed by atoms with Crippen molar-refractivity contribution in [2.75, 3.05) is 6.54 Å². The SMILES string of the molecule is CC1(CNC(=O)CCc2c[nH]c3ccccc23)CCCC1. The van der Waals surface area contributed by atoms with Crippen LogP contribution in [-0.4, -0.2) is 17.4 Å². The Hall–Kier alpha value is -1.77. The van der Waals surface area contributed by atoms with E-state index >= 15 is 0 Å². The Morgan fingerprint density at radius 2 is 2.05 bits per heavy atom. The molecule has 3 heteroatoms. The molecule has 1 aliphatic carbocycles. The molecule has 0 radical (unpaired) electrons. The first-order chi connectivity index (χ1) is 10.2. The van der Waals surface area contributed by atoms with Crippen LogP contribution in [-0.2, 0) is 11.2 Å². The summed E-state index contributed by atoms with van der Waals surface area (Å²) >= 11 is 0. The average Bonchev–Trinajstić information content (AvgIpc) is 3.10. The summed E-state index contributed by atoms with van der Waals surface area (Å²) in [4.78, 5) is 15.3. The second-order valence-corrected chi connectivity index (χ2v) is 6.65. The molecule has 0 spiro atoms. The van der Waals surface area contributed by atoms with Crippen molar-refractivity contribution in [3.63, 3.8) is 0 Å². The fourth-order valence-electron chi connectivity index (χ4n) is 3.39. The maximum absolute atomic E-state index is 12.1. The van der Waals surface area contributed by atoms with E-state index in [1.54, 1.807) is 0 Å². The van der Waals surface area contributed by atoms with Crippen molar-refractivity contribution in [3.8, 4) is 0 Å². The molecule has 0 saturated heterocycles. The lowest BCUT2D eigenvalue weighted by molar-refractivity contribution is -0.121. The van der Waals surface area contributed by atoms with Crippen LogP contribution in [0.25, 0.3) is 10.9 Å². The van der Waals surface area contributed by atoms with Crippen LogP contribution in [0.2, 0.25) is 0 Å². The van der Waals surface area contributed by atoms with E-state index in [-0.39, 0.29) is 5.91 Å². The number of para-hydroxylation sites is 1. The van der Waals surface area contributed by atoms with Crippen LogP contribution in [0, 0.1) is 5.41 Å². The quantitative estimate of drug-likeness (QED) is 0.862. The molecule has 1 aromatic carbocycles. The molecule has 1 saturated carbocycles. The molecule has 2 N–H and O–H groups in total. The predicted octanol–water partition coefficient (Wildman–Crippen LogP) is 3.80. The van der Waals surface area contributed by atoms with Gasteiger partial charge in [0.05, 0.1) is 0 Å². The fraction of sp³-hybridized carbons (Fsp3) is 0.500. The van der Waals surface area contributed by atoms with Gasteiger partial charge in [0.15, 0.2) is 0 Å². The van der Waals surface area contributed by atoms with Crippen LogP contribution in [0.4, 0.5) is 0 Å². The molecule has 0 aliphatic heterocycles. The van der Waals surface area contributed by atoms with Crippen LogP contribution in [0.1, 0.15) is 44.6 Å². The first-order valence-corrected chi connectivity index (χ1v) is 7.98. The largest absolute Gasteiger partial charge is 0.361 e. The minimum Gasteiger partial charge on any atom is -0.361 e. The highest BCUT2D eigenvalue weighted by Crippen LogP contribution is 2.36. The third kappa shape index (κ3) is 3.29. The minimum absolute atomic E-state index is 0.174. The number of hydrogen-bond donors (Lipinski definition) is 2. The lowest BCUT2D eigenvalue weighted by Crippen LogP contribution is -2.34. The van der Waals surface area contributed by atoms with Crippen molar-refractivity contribution in [2.45, 2.75) is 45.4 Å². The van der Waals surface area contributed by atoms with Crippen molar-refractivity contribution in [1.82, 2.24) is 10.3 Å². The molecule has 0 bridgehead atoms. The summed E-state index contributed by atoms with van der Waals surface area (Å²) in [5.41, 5.74) is 2.70. The predicted molar refractivity (Wildman–Crippen MR) is 86.2 cm³/mol. The highest BCUT2D eigenvalue weighted by molar-refractivity contribution is 5.84. The highest BCUT2D eigenvalue weighted by Gasteiger charge is 2.28. The molecule has 1 aromatic heterocycles. The number of H-pyrrole nitrogens is 1. The molecule has 2 aromatic rings. The van der Waals surface area contributed by atoms with Gasteiger partial charge in [-0.15, -0.1) is 0 Å². The van der Waals surface area contributed by atoms with E-state index in [4.69, 9.17) is 0 Å². The Morgan fingerprint density at radius 3 is 2.86 bits per heavy atom. The summed E-state index contributed by atoms with van der Waals surface area (Å²) in [6.45, 7) is 3.12. The lowest BCUT2D eigenvalue weighted by Gasteiger charge is -2.23. The van der Waals surface area contributed by atoms with Gasteiger partial charge in [-0.2, -0.15) is 0 Å². The van der Waals surface area contributed by atoms with Crippen molar-refractivity contribution in [2.24, 2.45) is 5.41 Å². The second kappa shape index (κ2) is 5.92. The van der Waals surface area contributed by atoms with Gasteiger partial charge in [0.25, 0.3) is 0 Å². The molecule has 1 aliphatic rings. The van der Waals surface area contributed by atoms with Gasteiger partial charge in [-0.05, 0) is 36.3 Å². The standard InChI is InChI=1S/C18H24N2O/c1-18(10-4-5-11-18)13-20-17(21)9-8-14-12-19-16-7-3-2-6-15(14)16/h2-3,6-7,12,19H,4-5,8-11,13H2,1H3,(H,20,21). The Kier molecular flexibility index (Phi) is 4.00. The van der Waals surface area contributed by atoms with E-state index in [0.717, 1.165) is 18.5 Å². The Labute approximate surface area is 126 Å². The summed E-state index contributed by atoms with van der Waals surface area (Å²) in [5.74, 6) is 0.174. The number of carbonyl (C=O) groups is 1. The van der Waals surface area contributed by atoms with Crippen LogP contribution in [0.5, 0.6) is 0 Å². The molecule has 21 heavy (non-hydrogen) atoms. The number of carbonyl (C=O) groups excluding carboxylic acids is 1. The molecule has 1 heterocycles. The molecule has 1 fully saturated rings. The molecule has 3 nitrogen and oxygen atoms in total. The zero-order valence-corrected chi connectivity index (χ0v) is 12.7. The Balaban J connectivity index is 1.51. The van der Waals surface area contributed by atoms with Crippen molar-refractivity contribution < 1.29 is 4.79 Å². The van der Waals surface area contributed by atoms with Gasteiger partial charge in [0.1, 0.15) is 0 Å². The Morgan fingerprint density at radius 1 is 1.29 bits per heavy atom. The summed E-state index contributed by atoms with van der Waals surface area (Å²) in [5, 5.41) is 4.36. The topological polar surface area (TPSA) is 44.9 Å². The molecule has 3 rings (SSSR count). The normalized spacial score (nSPS) is 17.2. The van der Waals surface area contributed by atoms with Crippen molar-refractivity contribution in [3.05, 3.63) is 36.0 Å². The third-order valence-electron chi connectivity index (χ3n) is 4.82. The van der Waals surface area contributed by atoms with E-state index in [9.17, 15) is 4.79 Å². The van der Waals surface area contributed by atoms with E-state index in [1.165, 1.54) is 36.6 Å². The monoisotopic (exact) mass is 284 g/mol. The zero-order chi connectivity index (χ0) is 14.7. The van der Waals surface area contributed by atoms with Crippen LogP contribution >= 0.6 is 0 Å². The van der Waals surface area contributed by atoms with Crippen LogP contribution in [0.15, 0.2) is 30.5 Å². The summed E-state index contributed by atoms with van der Waals surface area (Å²) in [7, 11) is 0. The van der Waals surface area contributed by atoms with Crippen LogP contribution in [0.3, 0.4) is 0 Å². The van der Waals surface area contributed by atoms with Gasteiger partial charge in [-0.25, -0.2) is 0 Å². The van der Waals surface area contributed by atoms with E-state index in [2.05, 4.69) is 29.4 Å². The van der Waals surface area contributed by atoms with Gasteiger partial charge in [-0.3, -0.25) is 4.79 Å². The second-order valence-electron chi connectivity index (χ2n) is 6.65. The molecule has 112 valence electrons. The molecule has 1 amide bonds. The number of hydrogen-bond acceptors (Lipinski definition) is 1. The number of aromatic nitrogens is 1. The fourth-order valence-corrected chi connectivity index (χ4v) is 3.39. The average molecular weight is 284 g/mol. The number of fused-ring (bicyclic) bond motifs is 1. The third-order valence-corrected chi connectivity index (χ3v) is 4.82. The van der Waals surface area contributed by atoms with E-state index in [0.29, 0.717) is 11.8 Å². The molecular formula is C18H24N2O. The summed E-state index contributed by atoms with van der Waals surface area (Å²) in [6, 6.07) is 8.25. The minimum atomic E-state index is 0.174. The molecular weight excluding hydrogens is 260 g/mol. The van der Waals surface area contributed by atoms with E-state index in [1.807, 2.05) is 18.3 Å². The summed E-state index contributed by atoms with van der Waals surface area (Å²) in [6.07, 6.45) is 8.50. The van der Waals surface area contributed by atoms with Crippen LogP contribution < -0.4 is 5.32 Å². The smallest absolute Gasteiger partial charge is 0.220 e. The maximum atomic E-state index is 12.1. The molecule has 0 atom stereocenters. The molecule has 0 unspecified atom stereocenters. The number of amides is 1. The number of nitrogens with one attached hydrogen (secondary N) is 2. The zero-order valence-electron chi connectivity index (χ0n) is 12.7. The van der Waals surface area contributed by atoms with Gasteiger partial charge in [0, 0.05) is 30.1 Å². The number of rotatable bonds is 5. The summed E-state index contributed by atoms with van der Waals surface area (Å²) < 4.78 is 0. The van der Waals surface area contributed by atoms with Gasteiger partial charge in [0.2, 0.25) is 5.91 Å². The van der Waals surface area contributed by atoms with Gasteiger partial charge in [-0.1, -0.05) is 38.0 Å². The first kappa shape index (κ1) is 14.2. The number of aryl methyl sites for hydroxylation is 1. The number of benzene rings is 1. The maximum Gasteiger partial charge on any atom is 0.220 e.